The molecule has 0 radical (unpaired) electrons. The second-order valence-electron chi connectivity index (χ2n) is 4.05. The van der Waals surface area contributed by atoms with Crippen LogP contribution in [0.3, 0.4) is 0 Å². The quantitative estimate of drug-likeness (QED) is 0.798. The van der Waals surface area contributed by atoms with E-state index in [4.69, 9.17) is 21.6 Å². The second-order valence-corrected chi connectivity index (χ2v) is 4.41. The molecule has 0 unspecified atom stereocenters. The maximum atomic E-state index is 8.98. The number of nitrogens with zero attached hydrogens (tertiary/aromatic N) is 2. The Labute approximate surface area is 117 Å². The van der Waals surface area contributed by atoms with Crippen molar-refractivity contribution in [3.05, 3.63) is 46.7 Å². The highest BCUT2D eigenvalue weighted by molar-refractivity contribution is 6.30. The van der Waals surface area contributed by atoms with Crippen molar-refractivity contribution in [1.82, 2.24) is 4.98 Å². The summed E-state index contributed by atoms with van der Waals surface area (Å²) >= 11 is 5.84. The third kappa shape index (κ3) is 2.69. The normalized spacial score (nSPS) is 10.0. The molecule has 0 amide bonds. The second kappa shape index (κ2) is 5.73. The predicted molar refractivity (Wildman–Crippen MR) is 75.3 cm³/mol. The molecule has 0 spiro atoms. The summed E-state index contributed by atoms with van der Waals surface area (Å²) in [6.07, 6.45) is 2.55. The number of rotatable bonds is 3. The van der Waals surface area contributed by atoms with Crippen molar-refractivity contribution < 1.29 is 4.74 Å². The van der Waals surface area contributed by atoms with Crippen LogP contribution in [0.1, 0.15) is 18.1 Å². The molecule has 2 rings (SSSR count). The first-order valence-electron chi connectivity index (χ1n) is 5.92. The molecule has 0 aliphatic heterocycles. The van der Waals surface area contributed by atoms with Gasteiger partial charge in [0.1, 0.15) is 17.0 Å². The molecule has 0 aliphatic carbocycles. The summed E-state index contributed by atoms with van der Waals surface area (Å²) in [5, 5.41) is 9.21. The fourth-order valence-corrected chi connectivity index (χ4v) is 2.06. The molecule has 2 aromatic rings. The Kier molecular flexibility index (Phi) is 4.03. The minimum atomic E-state index is 0.232. The Balaban J connectivity index is 2.50. The van der Waals surface area contributed by atoms with Crippen molar-refractivity contribution >= 4 is 11.6 Å². The molecular weight excluding hydrogens is 260 g/mol. The SMILES string of the molecule is CCc1cc(-c2cnc(Cl)c(C#N)c2)ccc1OC. The molecule has 96 valence electrons. The molecule has 1 aromatic heterocycles. The summed E-state index contributed by atoms with van der Waals surface area (Å²) in [5.41, 5.74) is 3.37. The maximum Gasteiger partial charge on any atom is 0.146 e. The Hall–Kier alpha value is -2.05. The van der Waals surface area contributed by atoms with Crippen LogP contribution in [-0.4, -0.2) is 12.1 Å². The highest BCUT2D eigenvalue weighted by atomic mass is 35.5. The van der Waals surface area contributed by atoms with E-state index >= 15 is 0 Å². The van der Waals surface area contributed by atoms with E-state index in [9.17, 15) is 0 Å². The van der Waals surface area contributed by atoms with Gasteiger partial charge in [-0.15, -0.1) is 0 Å². The third-order valence-corrected chi connectivity index (χ3v) is 3.26. The Morgan fingerprint density at radius 3 is 2.74 bits per heavy atom. The summed E-state index contributed by atoms with van der Waals surface area (Å²) < 4.78 is 5.30. The van der Waals surface area contributed by atoms with Crippen LogP contribution in [0.5, 0.6) is 5.75 Å². The number of hydrogen-bond acceptors (Lipinski definition) is 3. The van der Waals surface area contributed by atoms with E-state index in [1.165, 1.54) is 0 Å². The fourth-order valence-electron chi connectivity index (χ4n) is 1.92. The Morgan fingerprint density at radius 2 is 2.11 bits per heavy atom. The van der Waals surface area contributed by atoms with Crippen molar-refractivity contribution in [2.24, 2.45) is 0 Å². The van der Waals surface area contributed by atoms with E-state index in [0.29, 0.717) is 5.56 Å². The number of benzene rings is 1. The average molecular weight is 273 g/mol. The molecule has 3 nitrogen and oxygen atoms in total. The van der Waals surface area contributed by atoms with Crippen LogP contribution in [0.4, 0.5) is 0 Å². The number of halogens is 1. The third-order valence-electron chi connectivity index (χ3n) is 2.95. The molecule has 0 N–H and O–H groups in total. The van der Waals surface area contributed by atoms with Crippen LogP contribution in [-0.2, 0) is 6.42 Å². The Bertz CT molecular complexity index is 647. The van der Waals surface area contributed by atoms with Gasteiger partial charge in [0.15, 0.2) is 0 Å². The van der Waals surface area contributed by atoms with E-state index < -0.39 is 0 Å². The lowest BCUT2D eigenvalue weighted by atomic mass is 10.0. The molecule has 1 aromatic carbocycles. The van der Waals surface area contributed by atoms with Gasteiger partial charge in [-0.2, -0.15) is 5.26 Å². The molecule has 0 bridgehead atoms. The molecule has 0 saturated carbocycles. The molecule has 19 heavy (non-hydrogen) atoms. The molecule has 0 fully saturated rings. The smallest absolute Gasteiger partial charge is 0.146 e. The number of pyridine rings is 1. The maximum absolute atomic E-state index is 8.98. The van der Waals surface area contributed by atoms with Crippen LogP contribution in [0.25, 0.3) is 11.1 Å². The molecule has 0 saturated heterocycles. The van der Waals surface area contributed by atoms with Crippen molar-refractivity contribution in [2.45, 2.75) is 13.3 Å². The van der Waals surface area contributed by atoms with Gasteiger partial charge in [-0.05, 0) is 35.7 Å². The molecule has 0 aliphatic rings. The zero-order valence-corrected chi connectivity index (χ0v) is 11.5. The topological polar surface area (TPSA) is 45.9 Å². The van der Waals surface area contributed by atoms with Crippen LogP contribution in [0.2, 0.25) is 5.15 Å². The van der Waals surface area contributed by atoms with E-state index in [1.54, 1.807) is 19.4 Å². The summed E-state index contributed by atoms with van der Waals surface area (Å²) in [6, 6.07) is 9.70. The number of aryl methyl sites for hydroxylation is 1. The molecular formula is C15H13ClN2O. The number of nitriles is 1. The Morgan fingerprint density at radius 1 is 1.32 bits per heavy atom. The van der Waals surface area contributed by atoms with Crippen molar-refractivity contribution in [1.29, 1.82) is 5.26 Å². The number of methoxy groups -OCH3 is 1. The van der Waals surface area contributed by atoms with Gasteiger partial charge >= 0.3 is 0 Å². The highest BCUT2D eigenvalue weighted by Crippen LogP contribution is 2.28. The van der Waals surface area contributed by atoms with Gasteiger partial charge in [-0.3, -0.25) is 0 Å². The summed E-state index contributed by atoms with van der Waals surface area (Å²) in [6.45, 7) is 2.07. The van der Waals surface area contributed by atoms with Crippen molar-refractivity contribution in [2.75, 3.05) is 7.11 Å². The van der Waals surface area contributed by atoms with Gasteiger partial charge in [0, 0.05) is 11.8 Å². The van der Waals surface area contributed by atoms with Gasteiger partial charge < -0.3 is 4.74 Å². The number of ether oxygens (including phenoxy) is 1. The molecule has 4 heteroatoms. The molecule has 0 atom stereocenters. The molecule has 1 heterocycles. The minimum absolute atomic E-state index is 0.232. The van der Waals surface area contributed by atoms with Gasteiger partial charge in [0.2, 0.25) is 0 Å². The highest BCUT2D eigenvalue weighted by Gasteiger charge is 2.07. The monoisotopic (exact) mass is 272 g/mol. The predicted octanol–water partition coefficient (Wildman–Crippen LogP) is 3.84. The van der Waals surface area contributed by atoms with Crippen molar-refractivity contribution in [3.8, 4) is 22.9 Å². The lowest BCUT2D eigenvalue weighted by Gasteiger charge is -2.09. The zero-order chi connectivity index (χ0) is 13.8. The van der Waals surface area contributed by atoms with Crippen LogP contribution in [0, 0.1) is 11.3 Å². The summed E-state index contributed by atoms with van der Waals surface area (Å²) in [5.74, 6) is 0.869. The lowest BCUT2D eigenvalue weighted by Crippen LogP contribution is -1.92. The van der Waals surface area contributed by atoms with Crippen LogP contribution in [0.15, 0.2) is 30.5 Å². The van der Waals surface area contributed by atoms with Crippen LogP contribution >= 0.6 is 11.6 Å². The first kappa shape index (κ1) is 13.4. The standard InChI is InChI=1S/C15H13ClN2O/c1-3-10-6-11(4-5-14(10)19-2)13-7-12(8-17)15(16)18-9-13/h4-7,9H,3H2,1-2H3. The van der Waals surface area contributed by atoms with Gasteiger partial charge in [-0.25, -0.2) is 4.98 Å². The zero-order valence-electron chi connectivity index (χ0n) is 10.8. The van der Waals surface area contributed by atoms with Crippen molar-refractivity contribution in [3.63, 3.8) is 0 Å². The van der Waals surface area contributed by atoms with Gasteiger partial charge in [0.25, 0.3) is 0 Å². The first-order chi connectivity index (χ1) is 9.19. The van der Waals surface area contributed by atoms with Gasteiger partial charge in [-0.1, -0.05) is 24.6 Å². The average Bonchev–Trinajstić information content (AvgIpc) is 2.47. The number of hydrogen-bond donors (Lipinski definition) is 0. The largest absolute Gasteiger partial charge is 0.496 e. The number of aromatic nitrogens is 1. The van der Waals surface area contributed by atoms with E-state index in [2.05, 4.69) is 11.9 Å². The fraction of sp³-hybridized carbons (Fsp3) is 0.200. The summed E-state index contributed by atoms with van der Waals surface area (Å²) in [4.78, 5) is 4.04. The van der Waals surface area contributed by atoms with E-state index in [1.807, 2.05) is 24.3 Å². The van der Waals surface area contributed by atoms with Gasteiger partial charge in [0.05, 0.1) is 12.7 Å². The first-order valence-corrected chi connectivity index (χ1v) is 6.30. The summed E-state index contributed by atoms with van der Waals surface area (Å²) in [7, 11) is 1.66. The van der Waals surface area contributed by atoms with E-state index in [-0.39, 0.29) is 5.15 Å². The van der Waals surface area contributed by atoms with E-state index in [0.717, 1.165) is 28.9 Å². The van der Waals surface area contributed by atoms with Crippen LogP contribution < -0.4 is 4.74 Å². The minimum Gasteiger partial charge on any atom is -0.496 e. The lowest BCUT2D eigenvalue weighted by molar-refractivity contribution is 0.410.